The Morgan fingerprint density at radius 2 is 1.11 bits per heavy atom. The van der Waals surface area contributed by atoms with E-state index < -0.39 is 61.8 Å². The fraction of sp³-hybridized carbons (Fsp3) is 1.00. The summed E-state index contributed by atoms with van der Waals surface area (Å²) in [6, 6.07) is -0.823. The molecule has 0 amide bonds. The van der Waals surface area contributed by atoms with Crippen LogP contribution in [0.25, 0.3) is 0 Å². The third kappa shape index (κ3) is 7.02. The van der Waals surface area contributed by atoms with Crippen LogP contribution >= 0.6 is 0 Å². The third-order valence-electron chi connectivity index (χ3n) is 3.27. The van der Waals surface area contributed by atoms with Crippen LogP contribution in [0.15, 0.2) is 0 Å². The summed E-state index contributed by atoms with van der Waals surface area (Å²) in [5.74, 6) is -19.1. The van der Waals surface area contributed by atoms with Crippen molar-refractivity contribution >= 4 is 25.4 Å². The van der Waals surface area contributed by atoms with E-state index in [1.807, 2.05) is 0 Å². The minimum atomic E-state index is -6.89. The summed E-state index contributed by atoms with van der Waals surface area (Å²) in [6.07, 6.45) is -8.75. The summed E-state index contributed by atoms with van der Waals surface area (Å²) in [5.41, 5.74) is 0. The molecule has 0 aromatic carbocycles. The zero-order valence-electron chi connectivity index (χ0n) is 15.6. The molecule has 0 aliphatic rings. The Balaban J connectivity index is 5.32. The summed E-state index contributed by atoms with van der Waals surface area (Å²) in [4.78, 5) is 9.76. The van der Waals surface area contributed by atoms with Gasteiger partial charge < -0.3 is 13.0 Å². The first-order valence-corrected chi connectivity index (χ1v) is 16.5. The molecule has 0 saturated heterocycles. The Bertz CT molecular complexity index is 516. The molecule has 0 radical (unpaired) electrons. The Labute approximate surface area is 154 Å². The Morgan fingerprint density at radius 3 is 1.44 bits per heavy atom. The van der Waals surface area contributed by atoms with Crippen molar-refractivity contribution in [3.63, 3.8) is 0 Å². The van der Waals surface area contributed by atoms with E-state index in [1.54, 1.807) is 0 Å². The molecule has 0 rings (SSSR count). The fourth-order valence-corrected chi connectivity index (χ4v) is 14.4. The highest BCUT2D eigenvalue weighted by Gasteiger charge is 2.81. The zero-order valence-corrected chi connectivity index (χ0v) is 18.6. The maximum atomic E-state index is 13.6. The van der Waals surface area contributed by atoms with Crippen LogP contribution in [0.3, 0.4) is 0 Å². The predicted octanol–water partition coefficient (Wildman–Crippen LogP) is 5.48. The zero-order chi connectivity index (χ0) is 22.3. The number of halogens is 9. The van der Waals surface area contributed by atoms with E-state index in [2.05, 4.69) is 0 Å². The van der Waals surface area contributed by atoms with Gasteiger partial charge in [0.25, 0.3) is 0 Å². The predicted molar refractivity (Wildman–Crippen MR) is 87.2 cm³/mol. The smallest absolute Gasteiger partial charge is 0.436 e. The summed E-state index contributed by atoms with van der Waals surface area (Å²) >= 11 is 0. The first-order chi connectivity index (χ1) is 11.4. The molecule has 0 atom stereocenters. The second-order valence-corrected chi connectivity index (χ2v) is 19.0. The van der Waals surface area contributed by atoms with E-state index in [0.29, 0.717) is 0 Å². The van der Waals surface area contributed by atoms with Gasteiger partial charge in [-0.2, -0.15) is 39.5 Å². The van der Waals surface area contributed by atoms with Gasteiger partial charge in [-0.25, -0.2) is 0 Å². The van der Waals surface area contributed by atoms with Crippen molar-refractivity contribution in [2.24, 2.45) is 0 Å². The van der Waals surface area contributed by atoms with E-state index >= 15 is 0 Å². The van der Waals surface area contributed by atoms with Gasteiger partial charge in [-0.1, -0.05) is 0 Å². The van der Waals surface area contributed by atoms with Crippen LogP contribution in [0, 0.1) is 0 Å². The SMILES string of the molecule is C[Si](C)(O)O[Si](C)(C)O[Si](C)(C)CCC(F)(F)C(F)(F)C(F)(F)C(F)(F)F. The third-order valence-corrected chi connectivity index (χ3v) is 12.9. The largest absolute Gasteiger partial charge is 0.460 e. The van der Waals surface area contributed by atoms with Gasteiger partial charge in [0.05, 0.1) is 0 Å². The van der Waals surface area contributed by atoms with Crippen LogP contribution in [-0.4, -0.2) is 54.2 Å². The summed E-state index contributed by atoms with van der Waals surface area (Å²) < 4.78 is 127. The van der Waals surface area contributed by atoms with E-state index in [1.165, 1.54) is 39.3 Å². The van der Waals surface area contributed by atoms with Gasteiger partial charge in [0.2, 0.25) is 0 Å². The van der Waals surface area contributed by atoms with Crippen molar-refractivity contribution in [1.29, 1.82) is 0 Å². The minimum Gasteiger partial charge on any atom is -0.436 e. The second-order valence-electron chi connectivity index (χ2n) is 7.66. The van der Waals surface area contributed by atoms with Crippen LogP contribution in [0.1, 0.15) is 6.42 Å². The first-order valence-electron chi connectivity index (χ1n) is 7.70. The minimum absolute atomic E-state index is 0.823. The fourth-order valence-electron chi connectivity index (χ4n) is 2.36. The average molecular weight is 471 g/mol. The molecule has 1 N–H and O–H groups in total. The quantitative estimate of drug-likeness (QED) is 0.358. The van der Waals surface area contributed by atoms with E-state index in [4.69, 9.17) is 8.23 Å². The number of alkyl halides is 9. The molecule has 0 aliphatic heterocycles. The molecule has 15 heteroatoms. The van der Waals surface area contributed by atoms with E-state index in [-0.39, 0.29) is 0 Å². The van der Waals surface area contributed by atoms with Gasteiger partial charge in [-0.05, 0) is 45.3 Å². The average Bonchev–Trinajstić information content (AvgIpc) is 2.30. The van der Waals surface area contributed by atoms with Gasteiger partial charge in [-0.15, -0.1) is 0 Å². The Hall–Kier alpha value is -0.0994. The number of hydrogen-bond donors (Lipinski definition) is 1. The van der Waals surface area contributed by atoms with Crippen LogP contribution in [-0.2, 0) is 8.23 Å². The lowest BCUT2D eigenvalue weighted by Crippen LogP contribution is -2.61. The van der Waals surface area contributed by atoms with E-state index in [9.17, 15) is 44.3 Å². The molecule has 0 bridgehead atoms. The highest BCUT2D eigenvalue weighted by atomic mass is 28.5. The maximum Gasteiger partial charge on any atom is 0.460 e. The molecule has 164 valence electrons. The standard InChI is InChI=1S/C12H23F9O3Si3/c1-25(2,23-27(5,6)24-26(3,4)22)8-7-9(13,14)10(15,16)11(17,18)12(19,20)21/h22H,7-8H2,1-6H3. The molecule has 0 aromatic rings. The lowest BCUT2D eigenvalue weighted by Gasteiger charge is -2.38. The first kappa shape index (κ1) is 26.9. The molecule has 0 aromatic heterocycles. The molecule has 0 unspecified atom stereocenters. The monoisotopic (exact) mass is 470 g/mol. The van der Waals surface area contributed by atoms with Crippen LogP contribution in [0.5, 0.6) is 0 Å². The highest BCUT2D eigenvalue weighted by Crippen LogP contribution is 2.54. The normalized spacial score (nSPS) is 16.0. The molecule has 0 fully saturated rings. The lowest BCUT2D eigenvalue weighted by atomic mass is 10.0. The van der Waals surface area contributed by atoms with Gasteiger partial charge in [0.15, 0.2) is 8.32 Å². The topological polar surface area (TPSA) is 38.7 Å². The summed E-state index contributed by atoms with van der Waals surface area (Å²) in [5, 5.41) is 0. The van der Waals surface area contributed by atoms with Crippen LogP contribution in [0.4, 0.5) is 39.5 Å². The summed E-state index contributed by atoms with van der Waals surface area (Å²) in [6.45, 7) is 8.38. The van der Waals surface area contributed by atoms with Gasteiger partial charge in [-0.3, -0.25) is 0 Å². The lowest BCUT2D eigenvalue weighted by molar-refractivity contribution is -0.396. The molecular formula is C12H23F9O3Si3. The number of hydrogen-bond acceptors (Lipinski definition) is 3. The van der Waals surface area contributed by atoms with Crippen molar-refractivity contribution in [3.05, 3.63) is 0 Å². The van der Waals surface area contributed by atoms with Gasteiger partial charge in [0, 0.05) is 6.42 Å². The van der Waals surface area contributed by atoms with Crippen molar-refractivity contribution in [1.82, 2.24) is 0 Å². The highest BCUT2D eigenvalue weighted by molar-refractivity contribution is 6.86. The van der Waals surface area contributed by atoms with Crippen molar-refractivity contribution in [2.75, 3.05) is 0 Å². The molecule has 3 nitrogen and oxygen atoms in total. The maximum absolute atomic E-state index is 13.6. The Kier molecular flexibility index (Phi) is 7.59. The van der Waals surface area contributed by atoms with E-state index in [0.717, 1.165) is 0 Å². The molecule has 0 saturated carbocycles. The molecule has 0 heterocycles. The van der Waals surface area contributed by atoms with Crippen LogP contribution in [0.2, 0.25) is 45.3 Å². The molecule has 0 spiro atoms. The van der Waals surface area contributed by atoms with Crippen molar-refractivity contribution in [3.8, 4) is 0 Å². The Morgan fingerprint density at radius 1 is 0.704 bits per heavy atom. The second kappa shape index (κ2) is 7.62. The molecular weight excluding hydrogens is 447 g/mol. The van der Waals surface area contributed by atoms with Gasteiger partial charge >= 0.3 is 41.1 Å². The summed E-state index contributed by atoms with van der Waals surface area (Å²) in [7, 11) is -9.35. The number of rotatable bonds is 9. The van der Waals surface area contributed by atoms with Crippen molar-refractivity contribution < 1.29 is 52.5 Å². The van der Waals surface area contributed by atoms with Crippen LogP contribution < -0.4 is 0 Å². The molecule has 27 heavy (non-hydrogen) atoms. The van der Waals surface area contributed by atoms with Crippen molar-refractivity contribution in [2.45, 2.75) is 75.7 Å². The molecule has 0 aliphatic carbocycles. The van der Waals surface area contributed by atoms with Gasteiger partial charge in [0.1, 0.15) is 0 Å².